The van der Waals surface area contributed by atoms with E-state index in [1.165, 1.54) is 5.56 Å². The van der Waals surface area contributed by atoms with Gasteiger partial charge in [-0.3, -0.25) is 9.69 Å². The van der Waals surface area contributed by atoms with Crippen LogP contribution in [0.1, 0.15) is 18.4 Å². The predicted octanol–water partition coefficient (Wildman–Crippen LogP) is 3.08. The third kappa shape index (κ3) is 2.83. The Balaban J connectivity index is 1.26. The summed E-state index contributed by atoms with van der Waals surface area (Å²) in [5.41, 5.74) is 1.83. The topological polar surface area (TPSA) is 32.8 Å². The van der Waals surface area contributed by atoms with E-state index in [9.17, 15) is 4.79 Å². The first-order valence-electron chi connectivity index (χ1n) is 9.55. The lowest BCUT2D eigenvalue weighted by molar-refractivity contribution is -0.154. The number of nitrogens with zero attached hydrogens (tertiary/aromatic N) is 2. The van der Waals surface area contributed by atoms with Crippen molar-refractivity contribution in [3.63, 3.8) is 0 Å². The van der Waals surface area contributed by atoms with Gasteiger partial charge in [-0.1, -0.05) is 48.5 Å². The highest BCUT2D eigenvalue weighted by atomic mass is 16.5. The lowest BCUT2D eigenvalue weighted by Crippen LogP contribution is -2.61. The largest absolute Gasteiger partial charge is 0.360 e. The second-order valence-electron chi connectivity index (χ2n) is 7.84. The number of amides is 1. The Morgan fingerprint density at radius 1 is 0.923 bits per heavy atom. The molecule has 0 N–H and O–H groups in total. The fourth-order valence-electron chi connectivity index (χ4n) is 4.22. The maximum atomic E-state index is 12.9. The first-order valence-corrected chi connectivity index (χ1v) is 9.55. The highest BCUT2D eigenvalue weighted by Crippen LogP contribution is 2.47. The summed E-state index contributed by atoms with van der Waals surface area (Å²) in [6, 6.07) is 20.6. The highest BCUT2D eigenvalue weighted by molar-refractivity contribution is 6.02. The van der Waals surface area contributed by atoms with Gasteiger partial charge >= 0.3 is 0 Å². The van der Waals surface area contributed by atoms with Gasteiger partial charge in [0.2, 0.25) is 0 Å². The van der Waals surface area contributed by atoms with Gasteiger partial charge in [-0.05, 0) is 30.5 Å². The minimum atomic E-state index is -0.529. The number of para-hydroxylation sites is 1. The van der Waals surface area contributed by atoms with E-state index in [1.807, 2.05) is 35.2 Å². The molecule has 2 aromatic carbocycles. The molecule has 4 heteroatoms. The number of carbonyl (C=O) groups excluding carboxylic acids is 1. The monoisotopic (exact) mass is 348 g/mol. The molecule has 0 aromatic heterocycles. The Bertz CT molecular complexity index is 782. The SMILES string of the molecule is O=C1N(c2ccccc2)CC(C2CN(Cc3ccccc3)C2)OC12CC2. The van der Waals surface area contributed by atoms with Crippen molar-refractivity contribution in [3.8, 4) is 0 Å². The average molecular weight is 348 g/mol. The normalized spacial score (nSPS) is 25.3. The molecule has 1 spiro atoms. The molecule has 0 bridgehead atoms. The molecule has 5 rings (SSSR count). The molecule has 1 atom stereocenters. The molecule has 2 saturated heterocycles. The molecule has 1 amide bonds. The van der Waals surface area contributed by atoms with Gasteiger partial charge in [-0.25, -0.2) is 0 Å². The first-order chi connectivity index (χ1) is 12.7. The first kappa shape index (κ1) is 16.0. The Kier molecular flexibility index (Phi) is 3.84. The number of morpholine rings is 1. The zero-order valence-corrected chi connectivity index (χ0v) is 14.9. The van der Waals surface area contributed by atoms with Crippen molar-refractivity contribution < 1.29 is 9.53 Å². The molecule has 2 aliphatic heterocycles. The number of rotatable bonds is 4. The molecule has 4 nitrogen and oxygen atoms in total. The van der Waals surface area contributed by atoms with Crippen LogP contribution >= 0.6 is 0 Å². The van der Waals surface area contributed by atoms with Crippen LogP contribution in [0.15, 0.2) is 60.7 Å². The summed E-state index contributed by atoms with van der Waals surface area (Å²) in [7, 11) is 0. The van der Waals surface area contributed by atoms with Crippen molar-refractivity contribution in [1.29, 1.82) is 0 Å². The molecule has 2 heterocycles. The van der Waals surface area contributed by atoms with E-state index in [-0.39, 0.29) is 12.0 Å². The summed E-state index contributed by atoms with van der Waals surface area (Å²) in [6.45, 7) is 3.77. The number of carbonyl (C=O) groups is 1. The zero-order valence-electron chi connectivity index (χ0n) is 14.9. The second kappa shape index (κ2) is 6.22. The van der Waals surface area contributed by atoms with Crippen molar-refractivity contribution in [2.24, 2.45) is 5.92 Å². The quantitative estimate of drug-likeness (QED) is 0.851. The van der Waals surface area contributed by atoms with E-state index in [1.54, 1.807) is 0 Å². The molecule has 1 unspecified atom stereocenters. The maximum Gasteiger partial charge on any atom is 0.259 e. The van der Waals surface area contributed by atoms with Gasteiger partial charge < -0.3 is 9.64 Å². The molecular weight excluding hydrogens is 324 g/mol. The highest BCUT2D eigenvalue weighted by Gasteiger charge is 2.59. The molecule has 1 saturated carbocycles. The predicted molar refractivity (Wildman–Crippen MR) is 101 cm³/mol. The number of hydrogen-bond donors (Lipinski definition) is 0. The van der Waals surface area contributed by atoms with Crippen molar-refractivity contribution in [1.82, 2.24) is 4.90 Å². The van der Waals surface area contributed by atoms with Gasteiger partial charge in [0.05, 0.1) is 12.6 Å². The van der Waals surface area contributed by atoms with Crippen LogP contribution in [0, 0.1) is 5.92 Å². The van der Waals surface area contributed by atoms with Gasteiger partial charge in [-0.2, -0.15) is 0 Å². The van der Waals surface area contributed by atoms with Crippen LogP contribution in [0.2, 0.25) is 0 Å². The molecule has 3 aliphatic rings. The Hall–Kier alpha value is -2.17. The van der Waals surface area contributed by atoms with Gasteiger partial charge in [0, 0.05) is 31.2 Å². The lowest BCUT2D eigenvalue weighted by atomic mass is 9.90. The summed E-state index contributed by atoms with van der Waals surface area (Å²) >= 11 is 0. The third-order valence-corrected chi connectivity index (χ3v) is 5.91. The van der Waals surface area contributed by atoms with E-state index < -0.39 is 5.60 Å². The fraction of sp³-hybridized carbons (Fsp3) is 0.409. The number of benzene rings is 2. The summed E-state index contributed by atoms with van der Waals surface area (Å²) < 4.78 is 6.33. The summed E-state index contributed by atoms with van der Waals surface area (Å²) in [4.78, 5) is 17.3. The molecule has 0 radical (unpaired) electrons. The minimum Gasteiger partial charge on any atom is -0.360 e. The molecule has 1 aliphatic carbocycles. The van der Waals surface area contributed by atoms with Crippen LogP contribution in [0.4, 0.5) is 5.69 Å². The number of hydrogen-bond acceptors (Lipinski definition) is 3. The van der Waals surface area contributed by atoms with Crippen LogP contribution in [0.3, 0.4) is 0 Å². The Morgan fingerprint density at radius 3 is 2.23 bits per heavy atom. The number of anilines is 1. The molecule has 3 fully saturated rings. The van der Waals surface area contributed by atoms with E-state index in [4.69, 9.17) is 4.74 Å². The van der Waals surface area contributed by atoms with Crippen molar-refractivity contribution >= 4 is 11.6 Å². The summed E-state index contributed by atoms with van der Waals surface area (Å²) in [5.74, 6) is 0.663. The standard InChI is InChI=1S/C22H24N2O2/c25-21-22(11-12-22)26-20(16-24(21)19-9-5-2-6-10-19)18-14-23(15-18)13-17-7-3-1-4-8-17/h1-10,18,20H,11-16H2. The van der Waals surface area contributed by atoms with Crippen LogP contribution in [-0.2, 0) is 16.1 Å². The Labute approximate surface area is 154 Å². The number of ether oxygens (including phenoxy) is 1. The zero-order chi connectivity index (χ0) is 17.6. The smallest absolute Gasteiger partial charge is 0.259 e. The van der Waals surface area contributed by atoms with Crippen molar-refractivity contribution in [3.05, 3.63) is 66.2 Å². The lowest BCUT2D eigenvalue weighted by Gasteiger charge is -2.48. The van der Waals surface area contributed by atoms with Crippen LogP contribution < -0.4 is 4.90 Å². The van der Waals surface area contributed by atoms with Gasteiger partial charge in [0.15, 0.2) is 0 Å². The van der Waals surface area contributed by atoms with E-state index in [0.717, 1.165) is 38.2 Å². The van der Waals surface area contributed by atoms with Crippen molar-refractivity contribution in [2.75, 3.05) is 24.5 Å². The van der Waals surface area contributed by atoms with Crippen LogP contribution in [0.5, 0.6) is 0 Å². The third-order valence-electron chi connectivity index (χ3n) is 5.91. The molecule has 2 aromatic rings. The Morgan fingerprint density at radius 2 is 1.58 bits per heavy atom. The minimum absolute atomic E-state index is 0.141. The van der Waals surface area contributed by atoms with E-state index in [2.05, 4.69) is 35.2 Å². The second-order valence-corrected chi connectivity index (χ2v) is 7.84. The van der Waals surface area contributed by atoms with Gasteiger partial charge in [-0.15, -0.1) is 0 Å². The maximum absolute atomic E-state index is 12.9. The fourth-order valence-corrected chi connectivity index (χ4v) is 4.22. The van der Waals surface area contributed by atoms with Crippen LogP contribution in [-0.4, -0.2) is 42.1 Å². The molecule has 134 valence electrons. The summed E-state index contributed by atoms with van der Waals surface area (Å²) in [6.07, 6.45) is 1.88. The van der Waals surface area contributed by atoms with Crippen LogP contribution in [0.25, 0.3) is 0 Å². The van der Waals surface area contributed by atoms with Gasteiger partial charge in [0.25, 0.3) is 5.91 Å². The van der Waals surface area contributed by atoms with Gasteiger partial charge in [0.1, 0.15) is 5.60 Å². The number of likely N-dealkylation sites (tertiary alicyclic amines) is 1. The van der Waals surface area contributed by atoms with Crippen molar-refractivity contribution in [2.45, 2.75) is 31.1 Å². The average Bonchev–Trinajstić information content (AvgIpc) is 3.42. The summed E-state index contributed by atoms with van der Waals surface area (Å²) in [5, 5.41) is 0. The molecule has 26 heavy (non-hydrogen) atoms. The van der Waals surface area contributed by atoms with E-state index in [0.29, 0.717) is 12.5 Å². The van der Waals surface area contributed by atoms with E-state index >= 15 is 0 Å². The molecular formula is C22H24N2O2.